The summed E-state index contributed by atoms with van der Waals surface area (Å²) < 4.78 is 11.3. The van der Waals surface area contributed by atoms with Gasteiger partial charge in [0, 0.05) is 18.2 Å². The molecule has 0 saturated carbocycles. The van der Waals surface area contributed by atoms with Crippen molar-refractivity contribution in [2.24, 2.45) is 10.7 Å². The molecule has 0 fully saturated rings. The molecule has 0 bridgehead atoms. The predicted octanol–water partition coefficient (Wildman–Crippen LogP) is 2.27. The van der Waals surface area contributed by atoms with Gasteiger partial charge in [0.25, 0.3) is 0 Å². The van der Waals surface area contributed by atoms with Gasteiger partial charge >= 0.3 is 0 Å². The van der Waals surface area contributed by atoms with E-state index in [1.807, 2.05) is 42.5 Å². The summed E-state index contributed by atoms with van der Waals surface area (Å²) >= 11 is 0. The highest BCUT2D eigenvalue weighted by Gasteiger charge is 2.10. The lowest BCUT2D eigenvalue weighted by Gasteiger charge is -2.11. The van der Waals surface area contributed by atoms with Gasteiger partial charge in [0.15, 0.2) is 17.5 Å². The number of ether oxygens (including phenoxy) is 2. The Morgan fingerprint density at radius 3 is 2.62 bits per heavy atom. The quantitative estimate of drug-likeness (QED) is 0.592. The molecule has 0 unspecified atom stereocenters. The highest BCUT2D eigenvalue weighted by atomic mass is 16.5. The van der Waals surface area contributed by atoms with Gasteiger partial charge in [-0.2, -0.15) is 0 Å². The van der Waals surface area contributed by atoms with Crippen LogP contribution in [0.25, 0.3) is 0 Å². The summed E-state index contributed by atoms with van der Waals surface area (Å²) in [7, 11) is 0. The van der Waals surface area contributed by atoms with Gasteiger partial charge in [0.1, 0.15) is 0 Å². The van der Waals surface area contributed by atoms with Crippen LogP contribution in [-0.4, -0.2) is 24.3 Å². The molecule has 0 aromatic heterocycles. The molecule has 0 saturated heterocycles. The summed E-state index contributed by atoms with van der Waals surface area (Å²) in [5.74, 6) is 1.75. The number of anilines is 1. The Hall–Kier alpha value is -2.73. The van der Waals surface area contributed by atoms with Crippen molar-refractivity contribution in [2.45, 2.75) is 19.6 Å². The third kappa shape index (κ3) is 3.97. The predicted molar refractivity (Wildman–Crippen MR) is 93.4 cm³/mol. The van der Waals surface area contributed by atoms with Crippen molar-refractivity contribution in [3.8, 4) is 11.5 Å². The van der Waals surface area contributed by atoms with E-state index in [0.717, 1.165) is 29.0 Å². The molecule has 6 nitrogen and oxygen atoms in total. The van der Waals surface area contributed by atoms with Crippen molar-refractivity contribution in [3.05, 3.63) is 53.6 Å². The van der Waals surface area contributed by atoms with Gasteiger partial charge in [-0.25, -0.2) is 4.99 Å². The minimum absolute atomic E-state index is 0.0127. The summed E-state index contributed by atoms with van der Waals surface area (Å²) in [6.07, 6.45) is 0.866. The second-order valence-corrected chi connectivity index (χ2v) is 5.47. The maximum absolute atomic E-state index is 9.33. The van der Waals surface area contributed by atoms with Crippen LogP contribution in [0.15, 0.2) is 47.5 Å². The molecule has 126 valence electrons. The summed E-state index contributed by atoms with van der Waals surface area (Å²) in [5.41, 5.74) is 8.54. The Kier molecular flexibility index (Phi) is 5.18. The molecule has 0 radical (unpaired) electrons. The Balaban J connectivity index is 1.68. The zero-order valence-corrected chi connectivity index (χ0v) is 13.4. The number of nitrogens with one attached hydrogen (secondary N) is 1. The zero-order chi connectivity index (χ0) is 16.8. The maximum Gasteiger partial charge on any atom is 0.193 e. The van der Waals surface area contributed by atoms with E-state index in [0.29, 0.717) is 31.5 Å². The molecule has 0 atom stereocenters. The summed E-state index contributed by atoms with van der Waals surface area (Å²) in [6, 6.07) is 13.2. The Bertz CT molecular complexity index is 731. The van der Waals surface area contributed by atoms with E-state index in [2.05, 4.69) is 10.3 Å². The number of guanidine groups is 1. The van der Waals surface area contributed by atoms with Gasteiger partial charge in [-0.05, 0) is 23.3 Å². The summed E-state index contributed by atoms with van der Waals surface area (Å²) in [5, 5.41) is 12.4. The lowest BCUT2D eigenvalue weighted by atomic mass is 10.1. The first-order chi connectivity index (χ1) is 11.8. The first kappa shape index (κ1) is 16.1. The van der Waals surface area contributed by atoms with Gasteiger partial charge in [-0.1, -0.05) is 24.3 Å². The lowest BCUT2D eigenvalue weighted by molar-refractivity contribution is 0.280. The van der Waals surface area contributed by atoms with Crippen LogP contribution in [-0.2, 0) is 13.2 Å². The van der Waals surface area contributed by atoms with Crippen LogP contribution >= 0.6 is 0 Å². The smallest absolute Gasteiger partial charge is 0.193 e. The molecule has 0 spiro atoms. The maximum atomic E-state index is 9.33. The number of fused-ring (bicyclic) bond motifs is 1. The van der Waals surface area contributed by atoms with Crippen LogP contribution in [0.3, 0.4) is 0 Å². The molecular formula is C18H21N3O3. The number of rotatable bonds is 4. The summed E-state index contributed by atoms with van der Waals surface area (Å²) in [4.78, 5) is 4.33. The van der Waals surface area contributed by atoms with Crippen molar-refractivity contribution in [1.29, 1.82) is 0 Å². The Labute approximate surface area is 140 Å². The third-order valence-corrected chi connectivity index (χ3v) is 3.73. The van der Waals surface area contributed by atoms with Crippen molar-refractivity contribution >= 4 is 11.6 Å². The van der Waals surface area contributed by atoms with Crippen LogP contribution in [0.2, 0.25) is 0 Å². The largest absolute Gasteiger partial charge is 0.490 e. The molecule has 6 heteroatoms. The average molecular weight is 327 g/mol. The number of aliphatic imine (C=N–C) groups is 1. The van der Waals surface area contributed by atoms with Gasteiger partial charge in [0.2, 0.25) is 0 Å². The molecule has 3 rings (SSSR count). The number of benzene rings is 2. The molecule has 1 heterocycles. The third-order valence-electron chi connectivity index (χ3n) is 3.73. The number of nitrogens with two attached hydrogens (primary N) is 1. The van der Waals surface area contributed by atoms with E-state index in [1.165, 1.54) is 0 Å². The number of aliphatic hydroxyl groups excluding tert-OH is 1. The summed E-state index contributed by atoms with van der Waals surface area (Å²) in [6.45, 7) is 1.69. The van der Waals surface area contributed by atoms with E-state index in [4.69, 9.17) is 15.2 Å². The van der Waals surface area contributed by atoms with Crippen molar-refractivity contribution < 1.29 is 14.6 Å². The van der Waals surface area contributed by atoms with Crippen LogP contribution in [0.5, 0.6) is 11.5 Å². The van der Waals surface area contributed by atoms with E-state index in [1.54, 1.807) is 0 Å². The Morgan fingerprint density at radius 2 is 1.83 bits per heavy atom. The molecule has 1 aliphatic heterocycles. The lowest BCUT2D eigenvalue weighted by Crippen LogP contribution is -2.22. The molecule has 2 aromatic carbocycles. The van der Waals surface area contributed by atoms with Crippen molar-refractivity contribution in [3.63, 3.8) is 0 Å². The van der Waals surface area contributed by atoms with E-state index < -0.39 is 0 Å². The second-order valence-electron chi connectivity index (χ2n) is 5.47. The molecule has 4 N–H and O–H groups in total. The Morgan fingerprint density at radius 1 is 1.08 bits per heavy atom. The number of aliphatic hydroxyl groups is 1. The normalized spacial score (nSPS) is 14.1. The van der Waals surface area contributed by atoms with E-state index in [-0.39, 0.29) is 6.61 Å². The molecule has 0 amide bonds. The van der Waals surface area contributed by atoms with Crippen LogP contribution in [0.1, 0.15) is 17.5 Å². The van der Waals surface area contributed by atoms with Crippen molar-refractivity contribution in [1.82, 2.24) is 0 Å². The van der Waals surface area contributed by atoms with Crippen molar-refractivity contribution in [2.75, 3.05) is 18.5 Å². The monoisotopic (exact) mass is 327 g/mol. The zero-order valence-electron chi connectivity index (χ0n) is 13.4. The van der Waals surface area contributed by atoms with Crippen LogP contribution in [0, 0.1) is 0 Å². The second kappa shape index (κ2) is 7.70. The minimum Gasteiger partial charge on any atom is -0.490 e. The molecule has 24 heavy (non-hydrogen) atoms. The van der Waals surface area contributed by atoms with Gasteiger partial charge in [-0.3, -0.25) is 0 Å². The number of hydrogen-bond donors (Lipinski definition) is 3. The first-order valence-corrected chi connectivity index (χ1v) is 7.90. The SMILES string of the molecule is NC(=NCc1ccccc1CO)Nc1ccc2c(c1)OCCCO2. The molecule has 0 aliphatic carbocycles. The minimum atomic E-state index is -0.0127. The standard InChI is InChI=1S/C18H21N3O3/c19-18(20-11-13-4-1-2-5-14(13)12-22)21-15-6-7-16-17(10-15)24-9-3-8-23-16/h1-2,4-7,10,22H,3,8-9,11-12H2,(H3,19,20,21). The molecular weight excluding hydrogens is 306 g/mol. The van der Waals surface area contributed by atoms with Crippen LogP contribution in [0.4, 0.5) is 5.69 Å². The van der Waals surface area contributed by atoms with Gasteiger partial charge < -0.3 is 25.6 Å². The van der Waals surface area contributed by atoms with E-state index in [9.17, 15) is 5.11 Å². The fourth-order valence-corrected chi connectivity index (χ4v) is 2.46. The molecule has 2 aromatic rings. The number of hydrogen-bond acceptors (Lipinski definition) is 4. The highest BCUT2D eigenvalue weighted by molar-refractivity contribution is 5.92. The average Bonchev–Trinajstić information content (AvgIpc) is 2.85. The van der Waals surface area contributed by atoms with E-state index >= 15 is 0 Å². The van der Waals surface area contributed by atoms with Gasteiger partial charge in [-0.15, -0.1) is 0 Å². The van der Waals surface area contributed by atoms with Crippen LogP contribution < -0.4 is 20.5 Å². The topological polar surface area (TPSA) is 89.1 Å². The fourth-order valence-electron chi connectivity index (χ4n) is 2.46. The first-order valence-electron chi connectivity index (χ1n) is 7.90. The van der Waals surface area contributed by atoms with Gasteiger partial charge in [0.05, 0.1) is 26.4 Å². The highest BCUT2D eigenvalue weighted by Crippen LogP contribution is 2.32. The number of nitrogens with zero attached hydrogens (tertiary/aromatic N) is 1. The fraction of sp³-hybridized carbons (Fsp3) is 0.278. The molecule has 1 aliphatic rings.